The number of hydrogen-bond acceptors (Lipinski definition) is 5. The van der Waals surface area contributed by atoms with E-state index in [-0.39, 0.29) is 24.9 Å². The highest BCUT2D eigenvalue weighted by molar-refractivity contribution is 7.16. The number of thiophene rings is 1. The second kappa shape index (κ2) is 10.3. The van der Waals surface area contributed by atoms with Crippen molar-refractivity contribution in [3.8, 4) is 6.07 Å². The molecule has 3 rings (SSSR count). The van der Waals surface area contributed by atoms with Crippen molar-refractivity contribution in [3.05, 3.63) is 44.2 Å². The summed E-state index contributed by atoms with van der Waals surface area (Å²) in [7, 11) is 0. The second-order valence-electron chi connectivity index (χ2n) is 7.10. The number of amides is 2. The van der Waals surface area contributed by atoms with Gasteiger partial charge in [-0.2, -0.15) is 5.26 Å². The monoisotopic (exact) mass is 464 g/mol. The Morgan fingerprint density at radius 1 is 1.20 bits per heavy atom. The molecule has 0 spiro atoms. The molecular weight excluding hydrogens is 443 g/mol. The maximum atomic E-state index is 12.6. The molecule has 0 fully saturated rings. The van der Waals surface area contributed by atoms with Crippen molar-refractivity contribution in [3.63, 3.8) is 0 Å². The molecule has 0 saturated carbocycles. The number of hydrogen-bond donors (Lipinski definition) is 2. The zero-order chi connectivity index (χ0) is 21.7. The van der Waals surface area contributed by atoms with Crippen LogP contribution < -0.4 is 10.6 Å². The largest absolute Gasteiger partial charge is 0.324 e. The van der Waals surface area contributed by atoms with Gasteiger partial charge in [0.15, 0.2) is 0 Å². The summed E-state index contributed by atoms with van der Waals surface area (Å²) in [6.07, 6.45) is 3.69. The smallest absolute Gasteiger partial charge is 0.239 e. The Labute approximate surface area is 189 Å². The van der Waals surface area contributed by atoms with Crippen LogP contribution in [-0.4, -0.2) is 36.3 Å². The number of fused-ring (bicyclic) bond motifs is 1. The fourth-order valence-corrected chi connectivity index (χ4v) is 5.21. The first-order chi connectivity index (χ1) is 14.4. The summed E-state index contributed by atoms with van der Waals surface area (Å²) in [5, 5.41) is 16.5. The van der Waals surface area contributed by atoms with Gasteiger partial charge in [-0.3, -0.25) is 14.5 Å². The van der Waals surface area contributed by atoms with Gasteiger partial charge in [0.25, 0.3) is 0 Å². The van der Waals surface area contributed by atoms with E-state index in [9.17, 15) is 14.9 Å². The average Bonchev–Trinajstić information content (AvgIpc) is 3.24. The van der Waals surface area contributed by atoms with Crippen LogP contribution in [0.5, 0.6) is 0 Å². The lowest BCUT2D eigenvalue weighted by molar-refractivity contribution is -0.120. The van der Waals surface area contributed by atoms with Gasteiger partial charge >= 0.3 is 0 Å². The summed E-state index contributed by atoms with van der Waals surface area (Å²) in [6.45, 7) is 2.67. The predicted octanol–water partition coefficient (Wildman–Crippen LogP) is 4.70. The summed E-state index contributed by atoms with van der Waals surface area (Å²) >= 11 is 13.5. The van der Waals surface area contributed by atoms with Gasteiger partial charge in [0, 0.05) is 9.90 Å². The zero-order valence-corrected chi connectivity index (χ0v) is 18.9. The lowest BCUT2D eigenvalue weighted by atomic mass is 10.1. The first kappa shape index (κ1) is 22.6. The minimum Gasteiger partial charge on any atom is -0.324 e. The molecule has 0 radical (unpaired) electrons. The third-order valence-electron chi connectivity index (χ3n) is 4.77. The first-order valence-corrected chi connectivity index (χ1v) is 11.3. The number of rotatable bonds is 8. The normalized spacial score (nSPS) is 12.5. The van der Waals surface area contributed by atoms with E-state index in [2.05, 4.69) is 16.7 Å². The van der Waals surface area contributed by atoms with Gasteiger partial charge in [-0.15, -0.1) is 11.3 Å². The number of nitrogens with zero attached hydrogens (tertiary/aromatic N) is 2. The fraction of sp³-hybridized carbons (Fsp3) is 0.381. The molecule has 0 unspecified atom stereocenters. The van der Waals surface area contributed by atoms with Crippen LogP contribution in [0, 0.1) is 11.3 Å². The zero-order valence-electron chi connectivity index (χ0n) is 16.6. The van der Waals surface area contributed by atoms with Gasteiger partial charge in [0.2, 0.25) is 11.8 Å². The van der Waals surface area contributed by atoms with Crippen LogP contribution in [0.2, 0.25) is 10.0 Å². The molecule has 0 atom stereocenters. The third-order valence-corrected chi connectivity index (χ3v) is 6.52. The van der Waals surface area contributed by atoms with Gasteiger partial charge in [-0.05, 0) is 56.0 Å². The van der Waals surface area contributed by atoms with E-state index in [0.29, 0.717) is 32.8 Å². The van der Waals surface area contributed by atoms with E-state index >= 15 is 0 Å². The number of benzene rings is 1. The molecule has 1 aromatic heterocycles. The molecule has 30 heavy (non-hydrogen) atoms. The average molecular weight is 465 g/mol. The summed E-state index contributed by atoms with van der Waals surface area (Å²) in [5.74, 6) is -0.509. The quantitative estimate of drug-likeness (QED) is 0.592. The summed E-state index contributed by atoms with van der Waals surface area (Å²) in [5.41, 5.74) is 2.12. The third kappa shape index (κ3) is 5.52. The minimum atomic E-state index is -0.270. The van der Waals surface area contributed by atoms with Gasteiger partial charge < -0.3 is 10.6 Å². The number of carbonyl (C=O) groups excluding carboxylic acids is 2. The van der Waals surface area contributed by atoms with E-state index in [1.165, 1.54) is 16.2 Å². The molecule has 0 saturated heterocycles. The van der Waals surface area contributed by atoms with E-state index in [1.54, 1.807) is 23.1 Å². The minimum absolute atomic E-state index is 0.0479. The van der Waals surface area contributed by atoms with Crippen molar-refractivity contribution in [1.82, 2.24) is 4.90 Å². The molecular formula is C21H22Cl2N4O2S. The van der Waals surface area contributed by atoms with E-state index in [0.717, 1.165) is 31.2 Å². The first-order valence-electron chi connectivity index (χ1n) is 9.73. The Hall–Kier alpha value is -2.11. The topological polar surface area (TPSA) is 85.2 Å². The summed E-state index contributed by atoms with van der Waals surface area (Å²) < 4.78 is 0. The van der Waals surface area contributed by atoms with E-state index < -0.39 is 0 Å². The maximum Gasteiger partial charge on any atom is 0.239 e. The van der Waals surface area contributed by atoms with Crippen molar-refractivity contribution in [2.45, 2.75) is 32.6 Å². The standard InChI is InChI=1S/C21H22Cl2N4O2S/c1-2-8-27(11-19(28)25-17-7-6-13(22)9-16(17)23)12-20(29)26-21-15(10-24)14-4-3-5-18(14)30-21/h6-7,9H,2-5,8,11-12H2,1H3,(H,25,28)(H,26,29). The molecule has 2 aromatic rings. The van der Waals surface area contributed by atoms with Crippen LogP contribution in [0.15, 0.2) is 18.2 Å². The van der Waals surface area contributed by atoms with Crippen molar-refractivity contribution >= 4 is 57.0 Å². The molecule has 2 N–H and O–H groups in total. The number of halogens is 2. The van der Waals surface area contributed by atoms with Gasteiger partial charge in [-0.1, -0.05) is 30.1 Å². The highest BCUT2D eigenvalue weighted by atomic mass is 35.5. The van der Waals surface area contributed by atoms with E-state index in [1.807, 2.05) is 6.92 Å². The van der Waals surface area contributed by atoms with Gasteiger partial charge in [0.1, 0.15) is 11.1 Å². The number of carbonyl (C=O) groups is 2. The van der Waals surface area contributed by atoms with Crippen LogP contribution >= 0.6 is 34.5 Å². The van der Waals surface area contributed by atoms with Crippen LogP contribution in [0.25, 0.3) is 0 Å². The summed E-state index contributed by atoms with van der Waals surface area (Å²) in [4.78, 5) is 28.0. The molecule has 9 heteroatoms. The Morgan fingerprint density at radius 2 is 1.93 bits per heavy atom. The molecule has 0 bridgehead atoms. The van der Waals surface area contributed by atoms with Crippen LogP contribution in [-0.2, 0) is 22.4 Å². The highest BCUT2D eigenvalue weighted by Gasteiger charge is 2.24. The van der Waals surface area contributed by atoms with Crippen molar-refractivity contribution < 1.29 is 9.59 Å². The maximum absolute atomic E-state index is 12.6. The summed E-state index contributed by atoms with van der Waals surface area (Å²) in [6, 6.07) is 7.06. The lowest BCUT2D eigenvalue weighted by Gasteiger charge is -2.20. The Bertz CT molecular complexity index is 1000. The molecule has 1 aliphatic rings. The molecule has 1 aromatic carbocycles. The van der Waals surface area contributed by atoms with Crippen LogP contribution in [0.1, 0.15) is 35.8 Å². The number of nitrogens with one attached hydrogen (secondary N) is 2. The molecule has 1 heterocycles. The van der Waals surface area contributed by atoms with Gasteiger partial charge in [-0.25, -0.2) is 0 Å². The van der Waals surface area contributed by atoms with Crippen molar-refractivity contribution in [2.24, 2.45) is 0 Å². The second-order valence-corrected chi connectivity index (χ2v) is 9.05. The molecule has 6 nitrogen and oxygen atoms in total. The SMILES string of the molecule is CCCN(CC(=O)Nc1ccc(Cl)cc1Cl)CC(=O)Nc1sc2c(c1C#N)CCC2. The number of nitriles is 1. The Balaban J connectivity index is 1.60. The van der Waals surface area contributed by atoms with Crippen molar-refractivity contribution in [1.29, 1.82) is 5.26 Å². The molecule has 1 aliphatic carbocycles. The fourth-order valence-electron chi connectivity index (χ4n) is 3.49. The highest BCUT2D eigenvalue weighted by Crippen LogP contribution is 2.38. The molecule has 2 amide bonds. The number of anilines is 2. The van der Waals surface area contributed by atoms with Gasteiger partial charge in [0.05, 0.1) is 29.4 Å². The number of aryl methyl sites for hydroxylation is 1. The molecule has 0 aliphatic heterocycles. The van der Waals surface area contributed by atoms with E-state index in [4.69, 9.17) is 23.2 Å². The Morgan fingerprint density at radius 3 is 2.60 bits per heavy atom. The molecule has 158 valence electrons. The lowest BCUT2D eigenvalue weighted by Crippen LogP contribution is -2.39. The van der Waals surface area contributed by atoms with Crippen molar-refractivity contribution in [2.75, 3.05) is 30.3 Å². The van der Waals surface area contributed by atoms with Crippen LogP contribution in [0.3, 0.4) is 0 Å². The van der Waals surface area contributed by atoms with Crippen LogP contribution in [0.4, 0.5) is 10.7 Å². The Kier molecular flexibility index (Phi) is 7.73. The predicted molar refractivity (Wildman–Crippen MR) is 122 cm³/mol.